The number of benzene rings is 2. The summed E-state index contributed by atoms with van der Waals surface area (Å²) in [5.74, 6) is 0.584. The number of amides is 1. The molecule has 1 atom stereocenters. The van der Waals surface area contributed by atoms with Crippen molar-refractivity contribution < 1.29 is 28.5 Å². The van der Waals surface area contributed by atoms with Crippen LogP contribution in [-0.4, -0.2) is 44.3 Å². The molecule has 2 aromatic carbocycles. The van der Waals surface area contributed by atoms with Crippen LogP contribution in [0.25, 0.3) is 0 Å². The minimum atomic E-state index is -0.412. The smallest absolute Gasteiger partial charge is 0.410 e. The van der Waals surface area contributed by atoms with Crippen molar-refractivity contribution in [2.45, 2.75) is 26.6 Å². The van der Waals surface area contributed by atoms with Crippen molar-refractivity contribution in [2.75, 3.05) is 27.3 Å². The predicted molar refractivity (Wildman–Crippen MR) is 110 cm³/mol. The Bertz CT molecular complexity index is 883. The first-order chi connectivity index (χ1) is 14.5. The molecule has 1 saturated heterocycles. The lowest BCUT2D eigenvalue weighted by Crippen LogP contribution is -2.30. The number of carbonyl (C=O) groups excluding carboxylic acids is 2. The molecule has 7 nitrogen and oxygen atoms in total. The third-order valence-electron chi connectivity index (χ3n) is 5.09. The van der Waals surface area contributed by atoms with Crippen molar-refractivity contribution in [2.24, 2.45) is 5.92 Å². The highest BCUT2D eigenvalue weighted by Gasteiger charge is 2.33. The van der Waals surface area contributed by atoms with Crippen LogP contribution >= 0.6 is 0 Å². The maximum atomic E-state index is 12.5. The first-order valence-corrected chi connectivity index (χ1v) is 9.85. The fourth-order valence-corrected chi connectivity index (χ4v) is 3.51. The molecule has 1 aliphatic rings. The molecule has 0 bridgehead atoms. The Labute approximate surface area is 176 Å². The number of nitrogens with zero attached hydrogens (tertiary/aromatic N) is 1. The van der Waals surface area contributed by atoms with Crippen molar-refractivity contribution >= 4 is 12.1 Å². The van der Waals surface area contributed by atoms with Crippen LogP contribution in [0.5, 0.6) is 11.5 Å². The Morgan fingerprint density at radius 1 is 1.00 bits per heavy atom. The number of esters is 1. The molecule has 1 heterocycles. The molecule has 0 aromatic heterocycles. The minimum Gasteiger partial charge on any atom is -0.493 e. The zero-order chi connectivity index (χ0) is 21.5. The quantitative estimate of drug-likeness (QED) is 0.644. The molecule has 1 aliphatic heterocycles. The first kappa shape index (κ1) is 21.5. The van der Waals surface area contributed by atoms with Crippen LogP contribution in [0.1, 0.15) is 23.1 Å². The molecule has 0 radical (unpaired) electrons. The van der Waals surface area contributed by atoms with Gasteiger partial charge in [-0.3, -0.25) is 4.79 Å². The summed E-state index contributed by atoms with van der Waals surface area (Å²) in [5.41, 5.74) is 2.64. The highest BCUT2D eigenvalue weighted by Crippen LogP contribution is 2.32. The fourth-order valence-electron chi connectivity index (χ4n) is 3.51. The number of likely N-dealkylation sites (tertiary alicyclic amines) is 1. The van der Waals surface area contributed by atoms with Crippen molar-refractivity contribution in [1.82, 2.24) is 4.90 Å². The topological polar surface area (TPSA) is 74.3 Å². The Morgan fingerprint density at radius 2 is 1.73 bits per heavy atom. The highest BCUT2D eigenvalue weighted by molar-refractivity contribution is 5.75. The van der Waals surface area contributed by atoms with E-state index in [1.54, 1.807) is 25.2 Å². The van der Waals surface area contributed by atoms with Crippen molar-refractivity contribution in [3.05, 3.63) is 59.2 Å². The average Bonchev–Trinajstić information content (AvgIpc) is 3.26. The van der Waals surface area contributed by atoms with E-state index >= 15 is 0 Å². The normalized spacial score (nSPS) is 15.6. The molecule has 160 valence electrons. The van der Waals surface area contributed by atoms with E-state index in [-0.39, 0.29) is 25.1 Å². The molecular weight excluding hydrogens is 386 g/mol. The highest BCUT2D eigenvalue weighted by atomic mass is 16.6. The molecule has 3 rings (SSSR count). The Morgan fingerprint density at radius 3 is 2.43 bits per heavy atom. The number of aryl methyl sites for hydroxylation is 1. The van der Waals surface area contributed by atoms with Gasteiger partial charge in [0.25, 0.3) is 0 Å². The van der Waals surface area contributed by atoms with E-state index in [4.69, 9.17) is 18.9 Å². The van der Waals surface area contributed by atoms with E-state index < -0.39 is 6.09 Å². The van der Waals surface area contributed by atoms with Crippen LogP contribution in [0, 0.1) is 12.8 Å². The summed E-state index contributed by atoms with van der Waals surface area (Å²) in [6.45, 7) is 3.03. The Hall–Kier alpha value is -3.22. The molecule has 7 heteroatoms. The first-order valence-electron chi connectivity index (χ1n) is 9.85. The van der Waals surface area contributed by atoms with Gasteiger partial charge in [-0.1, -0.05) is 30.3 Å². The second kappa shape index (κ2) is 10.0. The van der Waals surface area contributed by atoms with Gasteiger partial charge in [-0.2, -0.15) is 0 Å². The number of methoxy groups -OCH3 is 2. The van der Waals surface area contributed by atoms with E-state index in [1.807, 2.05) is 43.3 Å². The molecule has 0 saturated carbocycles. The molecule has 30 heavy (non-hydrogen) atoms. The van der Waals surface area contributed by atoms with Gasteiger partial charge in [0.2, 0.25) is 0 Å². The number of ether oxygens (including phenoxy) is 4. The summed E-state index contributed by atoms with van der Waals surface area (Å²) in [5, 5.41) is 0. The van der Waals surface area contributed by atoms with Crippen LogP contribution in [-0.2, 0) is 27.5 Å². The van der Waals surface area contributed by atoms with E-state index in [0.717, 1.165) is 16.7 Å². The molecule has 0 aliphatic carbocycles. The van der Waals surface area contributed by atoms with Crippen molar-refractivity contribution in [3.63, 3.8) is 0 Å². The molecule has 0 spiro atoms. The molecule has 1 fully saturated rings. The van der Waals surface area contributed by atoms with E-state index in [1.165, 1.54) is 0 Å². The van der Waals surface area contributed by atoms with Crippen molar-refractivity contribution in [3.8, 4) is 11.5 Å². The van der Waals surface area contributed by atoms with Gasteiger partial charge < -0.3 is 23.8 Å². The number of carbonyl (C=O) groups is 2. The maximum Gasteiger partial charge on any atom is 0.410 e. The van der Waals surface area contributed by atoms with Gasteiger partial charge in [-0.25, -0.2) is 4.79 Å². The van der Waals surface area contributed by atoms with Gasteiger partial charge in [0, 0.05) is 13.1 Å². The van der Waals surface area contributed by atoms with Crippen LogP contribution < -0.4 is 9.47 Å². The second-order valence-corrected chi connectivity index (χ2v) is 7.23. The number of hydrogen-bond donors (Lipinski definition) is 0. The van der Waals surface area contributed by atoms with Gasteiger partial charge >= 0.3 is 12.1 Å². The van der Waals surface area contributed by atoms with Crippen LogP contribution in [0.4, 0.5) is 4.79 Å². The van der Waals surface area contributed by atoms with Crippen LogP contribution in [0.2, 0.25) is 0 Å². The van der Waals surface area contributed by atoms with Gasteiger partial charge in [0.05, 0.1) is 20.1 Å². The second-order valence-electron chi connectivity index (χ2n) is 7.23. The van der Waals surface area contributed by atoms with E-state index in [0.29, 0.717) is 31.0 Å². The third-order valence-corrected chi connectivity index (χ3v) is 5.09. The zero-order valence-corrected chi connectivity index (χ0v) is 17.6. The monoisotopic (exact) mass is 413 g/mol. The van der Waals surface area contributed by atoms with Crippen LogP contribution in [0.15, 0.2) is 42.5 Å². The fraction of sp³-hybridized carbons (Fsp3) is 0.391. The largest absolute Gasteiger partial charge is 0.493 e. The zero-order valence-electron chi connectivity index (χ0n) is 17.6. The molecule has 1 amide bonds. The molecule has 2 aromatic rings. The summed E-state index contributed by atoms with van der Waals surface area (Å²) in [6.07, 6.45) is 0.147. The van der Waals surface area contributed by atoms with Gasteiger partial charge in [-0.15, -0.1) is 0 Å². The molecular formula is C23H27NO6. The van der Waals surface area contributed by atoms with Gasteiger partial charge in [0.15, 0.2) is 11.5 Å². The van der Waals surface area contributed by atoms with Crippen molar-refractivity contribution in [1.29, 1.82) is 0 Å². The number of rotatable bonds is 7. The molecule has 0 N–H and O–H groups in total. The SMILES string of the molecule is COc1cc(COC(=O)[C@@H]2CCN(C(=O)OCc3ccccc3)C2)cc(C)c1OC. The Balaban J connectivity index is 1.49. The average molecular weight is 413 g/mol. The summed E-state index contributed by atoms with van der Waals surface area (Å²) in [6, 6.07) is 13.2. The Kier molecular flexibility index (Phi) is 7.17. The van der Waals surface area contributed by atoms with Crippen LogP contribution in [0.3, 0.4) is 0 Å². The third kappa shape index (κ3) is 5.23. The lowest BCUT2D eigenvalue weighted by Gasteiger charge is -2.16. The lowest BCUT2D eigenvalue weighted by atomic mass is 10.1. The standard InChI is InChI=1S/C23H27NO6/c1-16-11-18(12-20(27-2)21(16)28-3)15-29-22(25)19-9-10-24(13-19)23(26)30-14-17-7-5-4-6-8-17/h4-8,11-12,19H,9-10,13-15H2,1-3H3/t19-/m1/s1. The maximum absolute atomic E-state index is 12.5. The van der Waals surface area contributed by atoms with E-state index in [9.17, 15) is 9.59 Å². The minimum absolute atomic E-state index is 0.134. The summed E-state index contributed by atoms with van der Waals surface area (Å²) in [4.78, 5) is 26.3. The lowest BCUT2D eigenvalue weighted by molar-refractivity contribution is -0.149. The summed E-state index contributed by atoms with van der Waals surface area (Å²) >= 11 is 0. The molecule has 0 unspecified atom stereocenters. The predicted octanol–water partition coefficient (Wildman–Crippen LogP) is 3.71. The van der Waals surface area contributed by atoms with E-state index in [2.05, 4.69) is 0 Å². The number of hydrogen-bond acceptors (Lipinski definition) is 6. The summed E-state index contributed by atoms with van der Waals surface area (Å²) in [7, 11) is 3.15. The summed E-state index contributed by atoms with van der Waals surface area (Å²) < 4.78 is 21.5. The van der Waals surface area contributed by atoms with Gasteiger partial charge in [-0.05, 0) is 42.2 Å². The van der Waals surface area contributed by atoms with Gasteiger partial charge in [0.1, 0.15) is 13.2 Å².